The van der Waals surface area contributed by atoms with Crippen molar-refractivity contribution in [3.8, 4) is 0 Å². The SMILES string of the molecule is COCCBr.COCCn1cccc(N)c1=O.COCCn1cccc([N+](=O)[O-])c1=O.O=c1[nH]cccc1[N+](=O)[O-]. The second-order valence-corrected chi connectivity index (χ2v) is 8.21. The molecule has 0 aliphatic carbocycles. The molecule has 0 aliphatic rings. The monoisotopic (exact) mass is 644 g/mol. The molecule has 0 saturated carbocycles. The summed E-state index contributed by atoms with van der Waals surface area (Å²) in [6.45, 7) is 2.53. The lowest BCUT2D eigenvalue weighted by Crippen LogP contribution is -2.23. The summed E-state index contributed by atoms with van der Waals surface area (Å²) in [5, 5.41) is 21.4. The van der Waals surface area contributed by atoms with E-state index in [0.29, 0.717) is 26.3 Å². The van der Waals surface area contributed by atoms with Crippen LogP contribution in [0, 0.1) is 20.2 Å². The molecule has 226 valence electrons. The molecule has 0 aliphatic heterocycles. The van der Waals surface area contributed by atoms with Gasteiger partial charge >= 0.3 is 22.5 Å². The fourth-order valence-electron chi connectivity index (χ4n) is 2.58. The highest BCUT2D eigenvalue weighted by molar-refractivity contribution is 9.09. The van der Waals surface area contributed by atoms with E-state index in [1.54, 1.807) is 32.5 Å². The van der Waals surface area contributed by atoms with Crippen molar-refractivity contribution >= 4 is 33.0 Å². The molecule has 0 amide bonds. The molecule has 3 N–H and O–H groups in total. The summed E-state index contributed by atoms with van der Waals surface area (Å²) in [4.78, 5) is 54.4. The van der Waals surface area contributed by atoms with E-state index in [-0.39, 0.29) is 11.2 Å². The number of methoxy groups -OCH3 is 3. The van der Waals surface area contributed by atoms with Gasteiger partial charge in [-0.2, -0.15) is 0 Å². The molecule has 0 saturated heterocycles. The Hall–Kier alpha value is -4.19. The number of nitrogens with one attached hydrogen (secondary N) is 1. The molecule has 41 heavy (non-hydrogen) atoms. The minimum atomic E-state index is -0.723. The molecule has 0 spiro atoms. The first-order valence-electron chi connectivity index (χ1n) is 11.7. The van der Waals surface area contributed by atoms with Crippen LogP contribution in [-0.4, -0.2) is 70.4 Å². The molecule has 0 bridgehead atoms. The lowest BCUT2D eigenvalue weighted by atomic mass is 10.4. The number of aromatic amines is 1. The molecule has 0 atom stereocenters. The summed E-state index contributed by atoms with van der Waals surface area (Å²) in [5.41, 5.74) is 3.41. The zero-order chi connectivity index (χ0) is 31.2. The third kappa shape index (κ3) is 14.7. The molecule has 3 rings (SSSR count). The first-order valence-corrected chi connectivity index (χ1v) is 12.8. The van der Waals surface area contributed by atoms with E-state index in [9.17, 15) is 34.6 Å². The quantitative estimate of drug-likeness (QED) is 0.184. The van der Waals surface area contributed by atoms with Gasteiger partial charge in [0, 0.05) is 70.5 Å². The van der Waals surface area contributed by atoms with Gasteiger partial charge in [0.2, 0.25) is 0 Å². The van der Waals surface area contributed by atoms with Crippen LogP contribution in [0.25, 0.3) is 0 Å². The molecule has 17 heteroatoms. The first kappa shape index (κ1) is 36.8. The largest absolute Gasteiger partial charge is 0.394 e. The highest BCUT2D eigenvalue weighted by Crippen LogP contribution is 2.01. The van der Waals surface area contributed by atoms with Crippen LogP contribution in [0.5, 0.6) is 0 Å². The molecule has 0 radical (unpaired) electrons. The minimum absolute atomic E-state index is 0.158. The number of anilines is 1. The summed E-state index contributed by atoms with van der Waals surface area (Å²) in [6.07, 6.45) is 4.53. The normalized spacial score (nSPS) is 9.66. The van der Waals surface area contributed by atoms with Crippen molar-refractivity contribution in [2.24, 2.45) is 0 Å². The van der Waals surface area contributed by atoms with Crippen LogP contribution >= 0.6 is 15.9 Å². The predicted octanol–water partition coefficient (Wildman–Crippen LogP) is 1.79. The van der Waals surface area contributed by atoms with Crippen molar-refractivity contribution in [3.05, 3.63) is 106 Å². The molecule has 0 aromatic carbocycles. The molecule has 0 unspecified atom stereocenters. The number of nitrogens with two attached hydrogens (primary N) is 1. The second-order valence-electron chi connectivity index (χ2n) is 7.42. The van der Waals surface area contributed by atoms with E-state index in [0.717, 1.165) is 18.0 Å². The van der Waals surface area contributed by atoms with E-state index in [1.807, 2.05) is 0 Å². The van der Waals surface area contributed by atoms with Crippen molar-refractivity contribution in [1.82, 2.24) is 14.1 Å². The highest BCUT2D eigenvalue weighted by atomic mass is 79.9. The Labute approximate surface area is 242 Å². The lowest BCUT2D eigenvalue weighted by molar-refractivity contribution is -0.386. The van der Waals surface area contributed by atoms with Gasteiger partial charge < -0.3 is 34.1 Å². The number of nitrogens with zero attached hydrogens (tertiary/aromatic N) is 4. The fourth-order valence-corrected chi connectivity index (χ4v) is 2.91. The van der Waals surface area contributed by atoms with E-state index < -0.39 is 32.3 Å². The van der Waals surface area contributed by atoms with E-state index >= 15 is 0 Å². The number of aromatic nitrogens is 3. The third-order valence-electron chi connectivity index (χ3n) is 4.59. The minimum Gasteiger partial charge on any atom is -0.394 e. The van der Waals surface area contributed by atoms with Gasteiger partial charge in [0.1, 0.15) is 0 Å². The second kappa shape index (κ2) is 21.6. The number of pyridine rings is 3. The zero-order valence-corrected chi connectivity index (χ0v) is 24.4. The van der Waals surface area contributed by atoms with Crippen molar-refractivity contribution in [3.63, 3.8) is 0 Å². The fraction of sp³-hybridized carbons (Fsp3) is 0.375. The van der Waals surface area contributed by atoms with E-state index in [4.69, 9.17) is 15.2 Å². The number of rotatable bonds is 10. The van der Waals surface area contributed by atoms with Crippen LogP contribution in [-0.2, 0) is 27.3 Å². The number of ether oxygens (including phenoxy) is 3. The maximum Gasteiger partial charge on any atom is 0.334 e. The van der Waals surface area contributed by atoms with Crippen LogP contribution < -0.4 is 22.4 Å². The summed E-state index contributed by atoms with van der Waals surface area (Å²) >= 11 is 3.18. The topological polar surface area (TPSA) is 217 Å². The molecular formula is C24H33BrN6O10. The van der Waals surface area contributed by atoms with Crippen LogP contribution in [0.1, 0.15) is 0 Å². The van der Waals surface area contributed by atoms with Gasteiger partial charge in [-0.3, -0.25) is 34.6 Å². The number of hydrogen-bond acceptors (Lipinski definition) is 11. The number of alkyl halides is 1. The van der Waals surface area contributed by atoms with Crippen LogP contribution in [0.15, 0.2) is 69.4 Å². The van der Waals surface area contributed by atoms with Gasteiger partial charge in [0.05, 0.1) is 35.4 Å². The van der Waals surface area contributed by atoms with E-state index in [1.165, 1.54) is 46.8 Å². The van der Waals surface area contributed by atoms with Gasteiger partial charge in [-0.15, -0.1) is 0 Å². The molecular weight excluding hydrogens is 612 g/mol. The maximum absolute atomic E-state index is 11.4. The maximum atomic E-state index is 11.4. The van der Waals surface area contributed by atoms with Crippen molar-refractivity contribution in [1.29, 1.82) is 0 Å². The molecule has 3 aromatic rings. The molecule has 16 nitrogen and oxygen atoms in total. The Kier molecular flexibility index (Phi) is 19.4. The Morgan fingerprint density at radius 2 is 1.29 bits per heavy atom. The van der Waals surface area contributed by atoms with Gasteiger partial charge in [0.25, 0.3) is 5.56 Å². The van der Waals surface area contributed by atoms with Crippen molar-refractivity contribution < 1.29 is 24.1 Å². The summed E-state index contributed by atoms with van der Waals surface area (Å²) in [7, 11) is 4.78. The highest BCUT2D eigenvalue weighted by Gasteiger charge is 2.12. The third-order valence-corrected chi connectivity index (χ3v) is 4.92. The summed E-state index contributed by atoms with van der Waals surface area (Å²) in [6, 6.07) is 8.54. The average molecular weight is 645 g/mol. The molecule has 0 fully saturated rings. The van der Waals surface area contributed by atoms with Crippen molar-refractivity contribution in [2.75, 3.05) is 52.2 Å². The number of hydrogen-bond donors (Lipinski definition) is 2. The van der Waals surface area contributed by atoms with Gasteiger partial charge in [-0.05, 0) is 24.3 Å². The number of halogens is 1. The van der Waals surface area contributed by atoms with Crippen LogP contribution in [0.3, 0.4) is 0 Å². The Balaban J connectivity index is 0.000000546. The van der Waals surface area contributed by atoms with Gasteiger partial charge in [-0.1, -0.05) is 15.9 Å². The first-order chi connectivity index (χ1) is 19.5. The van der Waals surface area contributed by atoms with Crippen molar-refractivity contribution in [2.45, 2.75) is 13.1 Å². The van der Waals surface area contributed by atoms with E-state index in [2.05, 4.69) is 25.7 Å². The molecule has 3 aromatic heterocycles. The summed E-state index contributed by atoms with van der Waals surface area (Å²) in [5.74, 6) is 0. The number of H-pyrrole nitrogens is 1. The van der Waals surface area contributed by atoms with Crippen LogP contribution in [0.4, 0.5) is 17.1 Å². The Bertz CT molecular complexity index is 1370. The standard InChI is InChI=1S/C8H10N2O4.C8H12N2O2.C5H4N2O3.C3H7BrO/c1-14-6-5-9-4-2-3-7(8(9)11)10(12)13;1-12-6-5-10-4-2-3-7(9)8(10)11;8-5-4(7(9)10)2-1-3-6-5;1-5-3-2-4/h2-4H,5-6H2,1H3;2-4H,5-6,9H2,1H3;1-3H,(H,6,8);2-3H2,1H3. The van der Waals surface area contributed by atoms with Crippen LogP contribution in [0.2, 0.25) is 0 Å². The summed E-state index contributed by atoms with van der Waals surface area (Å²) < 4.78 is 17.0. The molecule has 3 heterocycles. The number of nitro groups is 2. The Morgan fingerprint density at radius 3 is 1.71 bits per heavy atom. The predicted molar refractivity (Wildman–Crippen MR) is 156 cm³/mol. The van der Waals surface area contributed by atoms with Gasteiger partial charge in [-0.25, -0.2) is 0 Å². The Morgan fingerprint density at radius 1 is 0.805 bits per heavy atom. The van der Waals surface area contributed by atoms with Gasteiger partial charge in [0.15, 0.2) is 0 Å². The zero-order valence-electron chi connectivity index (χ0n) is 22.8. The number of nitrogen functional groups attached to an aromatic ring is 1. The smallest absolute Gasteiger partial charge is 0.334 e. The lowest BCUT2D eigenvalue weighted by Gasteiger charge is -2.04. The average Bonchev–Trinajstić information content (AvgIpc) is 2.95.